The van der Waals surface area contributed by atoms with Crippen LogP contribution in [0.25, 0.3) is 0 Å². The zero-order chi connectivity index (χ0) is 16.9. The summed E-state index contributed by atoms with van der Waals surface area (Å²) in [6.07, 6.45) is 0.526. The lowest BCUT2D eigenvalue weighted by molar-refractivity contribution is 0.391. The largest absolute Gasteiger partial charge is 0.497 e. The Hall–Kier alpha value is -2.05. The van der Waals surface area contributed by atoms with Gasteiger partial charge in [0, 0.05) is 12.6 Å². The lowest BCUT2D eigenvalue weighted by Gasteiger charge is -2.12. The Morgan fingerprint density at radius 2 is 1.78 bits per heavy atom. The maximum atomic E-state index is 12.3. The first-order valence-electron chi connectivity index (χ1n) is 7.24. The van der Waals surface area contributed by atoms with Crippen molar-refractivity contribution in [1.82, 2.24) is 4.72 Å². The summed E-state index contributed by atoms with van der Waals surface area (Å²) in [5.74, 6) is 1.38. The molecule has 5 nitrogen and oxygen atoms in total. The van der Waals surface area contributed by atoms with Gasteiger partial charge in [0.25, 0.3) is 0 Å². The highest BCUT2D eigenvalue weighted by Gasteiger charge is 2.16. The molecule has 23 heavy (non-hydrogen) atoms. The summed E-state index contributed by atoms with van der Waals surface area (Å²) < 4.78 is 37.8. The minimum atomic E-state index is -3.51. The smallest absolute Gasteiger partial charge is 0.240 e. The summed E-state index contributed by atoms with van der Waals surface area (Å²) >= 11 is 0. The van der Waals surface area contributed by atoms with Gasteiger partial charge in [-0.1, -0.05) is 24.3 Å². The second-order valence-electron chi connectivity index (χ2n) is 5.09. The quantitative estimate of drug-likeness (QED) is 0.844. The Kier molecular flexibility index (Phi) is 5.63. The van der Waals surface area contributed by atoms with Crippen molar-refractivity contribution in [3.63, 3.8) is 0 Å². The molecule has 0 saturated heterocycles. The van der Waals surface area contributed by atoms with Crippen molar-refractivity contribution in [2.75, 3.05) is 20.8 Å². The molecule has 0 unspecified atom stereocenters. The molecule has 0 amide bonds. The van der Waals surface area contributed by atoms with Crippen molar-refractivity contribution in [2.24, 2.45) is 0 Å². The third-order valence-electron chi connectivity index (χ3n) is 3.56. The Morgan fingerprint density at radius 3 is 2.43 bits per heavy atom. The minimum absolute atomic E-state index is 0.291. The molecule has 0 bridgehead atoms. The van der Waals surface area contributed by atoms with Crippen LogP contribution in [0.1, 0.15) is 11.1 Å². The summed E-state index contributed by atoms with van der Waals surface area (Å²) in [5.41, 5.74) is 1.64. The Bertz CT molecular complexity index is 772. The second-order valence-corrected chi connectivity index (χ2v) is 6.83. The summed E-state index contributed by atoms with van der Waals surface area (Å²) in [6.45, 7) is 2.07. The molecule has 0 aromatic heterocycles. The first-order valence-corrected chi connectivity index (χ1v) is 8.72. The van der Waals surface area contributed by atoms with Crippen LogP contribution in [0.5, 0.6) is 11.5 Å². The van der Waals surface area contributed by atoms with Crippen molar-refractivity contribution in [3.05, 3.63) is 53.6 Å². The van der Waals surface area contributed by atoms with E-state index < -0.39 is 10.0 Å². The maximum Gasteiger partial charge on any atom is 0.240 e. The maximum absolute atomic E-state index is 12.3. The lowest BCUT2D eigenvalue weighted by Crippen LogP contribution is -2.26. The molecule has 124 valence electrons. The van der Waals surface area contributed by atoms with E-state index in [9.17, 15) is 8.42 Å². The molecule has 1 N–H and O–H groups in total. The van der Waals surface area contributed by atoms with Gasteiger partial charge < -0.3 is 9.47 Å². The van der Waals surface area contributed by atoms with E-state index in [1.165, 1.54) is 0 Å². The summed E-state index contributed by atoms with van der Waals surface area (Å²) in [5, 5.41) is 0. The molecule has 0 heterocycles. The number of ether oxygens (including phenoxy) is 2. The molecule has 6 heteroatoms. The number of aryl methyl sites for hydroxylation is 1. The highest BCUT2D eigenvalue weighted by atomic mass is 32.2. The molecule has 0 aliphatic carbocycles. The van der Waals surface area contributed by atoms with Gasteiger partial charge in [-0.3, -0.25) is 0 Å². The zero-order valence-corrected chi connectivity index (χ0v) is 14.3. The van der Waals surface area contributed by atoms with Gasteiger partial charge >= 0.3 is 0 Å². The SMILES string of the molecule is COc1ccc(CCNS(=O)(=O)c2ccccc2C)c(OC)c1. The average molecular weight is 335 g/mol. The second kappa shape index (κ2) is 7.48. The van der Waals surface area contributed by atoms with Gasteiger partial charge in [-0.2, -0.15) is 0 Å². The predicted octanol–water partition coefficient (Wildman–Crippen LogP) is 2.53. The molecule has 0 saturated carbocycles. The number of benzene rings is 2. The van der Waals surface area contributed by atoms with Crippen LogP contribution in [0.4, 0.5) is 0 Å². The highest BCUT2D eigenvalue weighted by molar-refractivity contribution is 7.89. The molecule has 0 spiro atoms. The Labute approximate surface area is 137 Å². The van der Waals surface area contributed by atoms with E-state index in [1.807, 2.05) is 18.2 Å². The van der Waals surface area contributed by atoms with Gasteiger partial charge in [-0.25, -0.2) is 13.1 Å². The highest BCUT2D eigenvalue weighted by Crippen LogP contribution is 2.24. The van der Waals surface area contributed by atoms with Gasteiger partial charge in [-0.05, 0) is 36.6 Å². The summed E-state index contributed by atoms with van der Waals surface area (Å²) in [6, 6.07) is 12.4. The fourth-order valence-corrected chi connectivity index (χ4v) is 3.59. The third-order valence-corrected chi connectivity index (χ3v) is 5.19. The van der Waals surface area contributed by atoms with Crippen LogP contribution < -0.4 is 14.2 Å². The summed E-state index contributed by atoms with van der Waals surface area (Å²) in [7, 11) is -0.342. The molecule has 0 atom stereocenters. The van der Waals surface area contributed by atoms with E-state index in [1.54, 1.807) is 45.4 Å². The fraction of sp³-hybridized carbons (Fsp3) is 0.294. The minimum Gasteiger partial charge on any atom is -0.497 e. The molecular formula is C17H21NO4S. The van der Waals surface area contributed by atoms with Crippen LogP contribution in [0.3, 0.4) is 0 Å². The standard InChI is InChI=1S/C17H21NO4S/c1-13-6-4-5-7-17(13)23(19,20)18-11-10-14-8-9-15(21-2)12-16(14)22-3/h4-9,12,18H,10-11H2,1-3H3. The van der Waals surface area contributed by atoms with Crippen LogP contribution in [0.15, 0.2) is 47.4 Å². The third kappa shape index (κ3) is 4.24. The van der Waals surface area contributed by atoms with Crippen LogP contribution >= 0.6 is 0 Å². The average Bonchev–Trinajstić information content (AvgIpc) is 2.55. The van der Waals surface area contributed by atoms with Gasteiger partial charge in [-0.15, -0.1) is 0 Å². The number of methoxy groups -OCH3 is 2. The van der Waals surface area contributed by atoms with Crippen LogP contribution in [-0.2, 0) is 16.4 Å². The van der Waals surface area contributed by atoms with Crippen molar-refractivity contribution in [1.29, 1.82) is 0 Å². The molecule has 0 radical (unpaired) electrons. The van der Waals surface area contributed by atoms with Crippen molar-refractivity contribution >= 4 is 10.0 Å². The number of hydrogen-bond acceptors (Lipinski definition) is 4. The summed E-state index contributed by atoms with van der Waals surface area (Å²) in [4.78, 5) is 0.307. The number of sulfonamides is 1. The van der Waals surface area contributed by atoms with E-state index >= 15 is 0 Å². The molecule has 0 aliphatic heterocycles. The zero-order valence-electron chi connectivity index (χ0n) is 13.5. The lowest BCUT2D eigenvalue weighted by atomic mass is 10.1. The van der Waals surface area contributed by atoms with Crippen molar-refractivity contribution in [3.8, 4) is 11.5 Å². The Morgan fingerprint density at radius 1 is 1.04 bits per heavy atom. The molecule has 0 fully saturated rings. The van der Waals surface area contributed by atoms with Gasteiger partial charge in [0.05, 0.1) is 19.1 Å². The van der Waals surface area contributed by atoms with Crippen LogP contribution in [0.2, 0.25) is 0 Å². The van der Waals surface area contributed by atoms with Crippen molar-refractivity contribution < 1.29 is 17.9 Å². The molecule has 2 aromatic rings. The predicted molar refractivity (Wildman–Crippen MR) is 89.6 cm³/mol. The van der Waals surface area contributed by atoms with Crippen LogP contribution in [0, 0.1) is 6.92 Å². The topological polar surface area (TPSA) is 64.6 Å². The Balaban J connectivity index is 2.06. The van der Waals surface area contributed by atoms with Crippen molar-refractivity contribution in [2.45, 2.75) is 18.2 Å². The fourth-order valence-electron chi connectivity index (χ4n) is 2.31. The van der Waals surface area contributed by atoms with E-state index in [4.69, 9.17) is 9.47 Å². The number of nitrogens with one attached hydrogen (secondary N) is 1. The molecule has 2 aromatic carbocycles. The number of hydrogen-bond donors (Lipinski definition) is 1. The molecule has 2 rings (SSSR count). The molecular weight excluding hydrogens is 314 g/mol. The van der Waals surface area contributed by atoms with Gasteiger partial charge in [0.15, 0.2) is 0 Å². The van der Waals surface area contributed by atoms with Gasteiger partial charge in [0.2, 0.25) is 10.0 Å². The van der Waals surface area contributed by atoms with E-state index in [-0.39, 0.29) is 0 Å². The van der Waals surface area contributed by atoms with E-state index in [0.29, 0.717) is 29.4 Å². The monoisotopic (exact) mass is 335 g/mol. The molecule has 0 aliphatic rings. The first kappa shape index (κ1) is 17.3. The number of rotatable bonds is 7. The van der Waals surface area contributed by atoms with Gasteiger partial charge in [0.1, 0.15) is 11.5 Å². The van der Waals surface area contributed by atoms with Crippen LogP contribution in [-0.4, -0.2) is 29.2 Å². The van der Waals surface area contributed by atoms with E-state index in [2.05, 4.69) is 4.72 Å². The normalized spacial score (nSPS) is 11.3. The first-order chi connectivity index (χ1) is 11.0. The van der Waals surface area contributed by atoms with E-state index in [0.717, 1.165) is 11.1 Å².